The lowest BCUT2D eigenvalue weighted by Gasteiger charge is -2.59. The lowest BCUT2D eigenvalue weighted by Crippen LogP contribution is -2.59. The van der Waals surface area contributed by atoms with E-state index in [4.69, 9.17) is 9.47 Å². The maximum Gasteiger partial charge on any atom is 0.193 e. The van der Waals surface area contributed by atoms with Crippen LogP contribution in [0.2, 0.25) is 0 Å². The summed E-state index contributed by atoms with van der Waals surface area (Å²) >= 11 is 0. The lowest BCUT2D eigenvalue weighted by atomic mass is 9.46. The van der Waals surface area contributed by atoms with Crippen LogP contribution >= 0.6 is 0 Å². The summed E-state index contributed by atoms with van der Waals surface area (Å²) in [5.41, 5.74) is 1.35. The van der Waals surface area contributed by atoms with Crippen LogP contribution in [-0.4, -0.2) is 23.3 Å². The molecule has 3 saturated carbocycles. The van der Waals surface area contributed by atoms with Gasteiger partial charge in [-0.2, -0.15) is 0 Å². The Morgan fingerprint density at radius 3 is 2.48 bits per heavy atom. The number of Topliss-reactive ketones (excluding diaryl/α,β-unsaturated/α-hetero) is 1. The number of fused-ring (bicyclic) bond motifs is 7. The van der Waals surface area contributed by atoms with Crippen LogP contribution in [0.15, 0.2) is 42.0 Å². The molecule has 0 amide bonds. The number of allylic oxidation sites excluding steroid dienone is 1. The van der Waals surface area contributed by atoms with Crippen LogP contribution in [0, 0.1) is 28.6 Å². The van der Waals surface area contributed by atoms with E-state index >= 15 is 0 Å². The van der Waals surface area contributed by atoms with Gasteiger partial charge in [0, 0.05) is 17.4 Å². The van der Waals surface area contributed by atoms with E-state index in [1.54, 1.807) is 6.92 Å². The molecule has 0 N–H and O–H groups in total. The van der Waals surface area contributed by atoms with Gasteiger partial charge in [-0.1, -0.05) is 49.8 Å². The van der Waals surface area contributed by atoms with Crippen LogP contribution in [-0.2, 0) is 24.8 Å². The number of rotatable bonds is 2. The lowest BCUT2D eigenvalue weighted by molar-refractivity contribution is -0.227. The molecule has 0 aromatic heterocycles. The van der Waals surface area contributed by atoms with Crippen LogP contribution in [0.25, 0.3) is 0 Å². The van der Waals surface area contributed by atoms with Crippen molar-refractivity contribution in [2.75, 3.05) is 0 Å². The second-order valence-electron chi connectivity index (χ2n) is 12.0. The molecule has 176 valence electrons. The third kappa shape index (κ3) is 2.65. The second kappa shape index (κ2) is 6.88. The molecule has 4 nitrogen and oxygen atoms in total. The van der Waals surface area contributed by atoms with E-state index in [1.165, 1.54) is 5.57 Å². The van der Waals surface area contributed by atoms with E-state index in [-0.39, 0.29) is 22.7 Å². The molecule has 1 aliphatic heterocycles. The predicted octanol–water partition coefficient (Wildman–Crippen LogP) is 5.74. The van der Waals surface area contributed by atoms with Gasteiger partial charge in [-0.15, -0.1) is 0 Å². The fourth-order valence-electron chi connectivity index (χ4n) is 9.02. The van der Waals surface area contributed by atoms with Gasteiger partial charge in [0.05, 0.1) is 6.10 Å². The third-order valence-corrected chi connectivity index (χ3v) is 10.7. The fourth-order valence-corrected chi connectivity index (χ4v) is 9.02. The van der Waals surface area contributed by atoms with Crippen molar-refractivity contribution >= 4 is 11.6 Å². The van der Waals surface area contributed by atoms with Gasteiger partial charge >= 0.3 is 0 Å². The number of carbonyl (C=O) groups is 2. The minimum absolute atomic E-state index is 0.112. The van der Waals surface area contributed by atoms with Crippen LogP contribution < -0.4 is 0 Å². The van der Waals surface area contributed by atoms with Crippen molar-refractivity contribution in [3.05, 3.63) is 47.5 Å². The summed E-state index contributed by atoms with van der Waals surface area (Å²) < 4.78 is 13.6. The average Bonchev–Trinajstić information content (AvgIpc) is 3.23. The quantitative estimate of drug-likeness (QED) is 0.579. The molecule has 4 heteroatoms. The minimum Gasteiger partial charge on any atom is -0.339 e. The number of carbonyl (C=O) groups excluding carboxylic acids is 2. The highest BCUT2D eigenvalue weighted by Crippen LogP contribution is 2.71. The molecule has 5 aliphatic rings. The van der Waals surface area contributed by atoms with E-state index in [9.17, 15) is 9.59 Å². The Morgan fingerprint density at radius 1 is 1.00 bits per heavy atom. The molecule has 8 atom stereocenters. The SMILES string of the molecule is CC(=O)[C@@]12OC(C)(c3ccccc3)O[C@@H]1C[C@H]1C3CCC4=CC(=O)CCC4(C)[C@H]3CCC12C. The van der Waals surface area contributed by atoms with E-state index in [2.05, 4.69) is 13.8 Å². The zero-order valence-corrected chi connectivity index (χ0v) is 20.4. The Balaban J connectivity index is 1.38. The first-order valence-corrected chi connectivity index (χ1v) is 12.8. The normalized spacial score (nSPS) is 48.4. The standard InChI is InChI=1S/C29H36O4/c1-18(30)29-25(32-28(4,33-29)19-8-6-5-7-9-19)17-24-22-11-10-20-16-21(31)12-14-26(20,2)23(22)13-15-27(24,29)3/h5-9,16,22-25H,10-15,17H2,1-4H3/t22?,23-,24-,25+,26?,27?,28?,29+/m0/s1. The fraction of sp³-hybridized carbons (Fsp3) is 0.655. The maximum absolute atomic E-state index is 13.5. The van der Waals surface area contributed by atoms with E-state index in [0.717, 1.165) is 44.1 Å². The van der Waals surface area contributed by atoms with Gasteiger partial charge in [-0.25, -0.2) is 0 Å². The Labute approximate surface area is 197 Å². The van der Waals surface area contributed by atoms with Gasteiger partial charge in [0.1, 0.15) is 0 Å². The molecule has 0 radical (unpaired) electrons. The van der Waals surface area contributed by atoms with Gasteiger partial charge in [0.25, 0.3) is 0 Å². The van der Waals surface area contributed by atoms with Crippen LogP contribution in [0.3, 0.4) is 0 Å². The first kappa shape index (κ1) is 21.7. The largest absolute Gasteiger partial charge is 0.339 e. The molecule has 6 rings (SSSR count). The summed E-state index contributed by atoms with van der Waals surface area (Å²) in [7, 11) is 0. The summed E-state index contributed by atoms with van der Waals surface area (Å²) in [6.45, 7) is 8.41. The Hall–Kier alpha value is -1.78. The molecule has 4 aliphatic carbocycles. The molecule has 1 aromatic rings. The summed E-state index contributed by atoms with van der Waals surface area (Å²) in [6, 6.07) is 10.1. The van der Waals surface area contributed by atoms with Crippen LogP contribution in [0.1, 0.15) is 78.2 Å². The minimum atomic E-state index is -0.902. The van der Waals surface area contributed by atoms with Crippen molar-refractivity contribution in [2.24, 2.45) is 28.6 Å². The van der Waals surface area contributed by atoms with Gasteiger partial charge in [0.15, 0.2) is 23.0 Å². The molecular formula is C29H36O4. The van der Waals surface area contributed by atoms with Crippen LogP contribution in [0.5, 0.6) is 0 Å². The van der Waals surface area contributed by atoms with Crippen molar-refractivity contribution in [2.45, 2.75) is 90.1 Å². The third-order valence-electron chi connectivity index (χ3n) is 10.7. The number of benzene rings is 1. The number of ether oxygens (including phenoxy) is 2. The molecule has 33 heavy (non-hydrogen) atoms. The van der Waals surface area contributed by atoms with E-state index in [1.807, 2.05) is 43.3 Å². The maximum atomic E-state index is 13.5. The summed E-state index contributed by atoms with van der Waals surface area (Å²) in [5.74, 6) is 1.04. The molecular weight excluding hydrogens is 412 g/mol. The summed E-state index contributed by atoms with van der Waals surface area (Å²) in [6.07, 6.45) is 8.46. The number of ketones is 2. The second-order valence-corrected chi connectivity index (χ2v) is 12.0. The van der Waals surface area contributed by atoms with E-state index in [0.29, 0.717) is 30.0 Å². The number of hydrogen-bond donors (Lipinski definition) is 0. The van der Waals surface area contributed by atoms with Crippen molar-refractivity contribution in [1.29, 1.82) is 0 Å². The first-order valence-electron chi connectivity index (χ1n) is 12.8. The van der Waals surface area contributed by atoms with Crippen molar-refractivity contribution < 1.29 is 19.1 Å². The number of hydrogen-bond acceptors (Lipinski definition) is 4. The average molecular weight is 449 g/mol. The Morgan fingerprint density at radius 2 is 1.76 bits per heavy atom. The van der Waals surface area contributed by atoms with Gasteiger partial charge in [-0.05, 0) is 81.6 Å². The Kier molecular flexibility index (Phi) is 4.53. The zero-order chi connectivity index (χ0) is 23.2. The highest BCUT2D eigenvalue weighted by atomic mass is 16.8. The summed E-state index contributed by atoms with van der Waals surface area (Å²) in [4.78, 5) is 25.6. The zero-order valence-electron chi connectivity index (χ0n) is 20.4. The molecule has 1 heterocycles. The predicted molar refractivity (Wildman–Crippen MR) is 125 cm³/mol. The van der Waals surface area contributed by atoms with Gasteiger partial charge < -0.3 is 9.47 Å². The van der Waals surface area contributed by atoms with Crippen molar-refractivity contribution in [3.8, 4) is 0 Å². The van der Waals surface area contributed by atoms with Gasteiger partial charge in [0.2, 0.25) is 0 Å². The monoisotopic (exact) mass is 448 g/mol. The molecule has 1 saturated heterocycles. The highest BCUT2D eigenvalue weighted by Gasteiger charge is 2.75. The van der Waals surface area contributed by atoms with E-state index < -0.39 is 11.4 Å². The molecule has 4 unspecified atom stereocenters. The molecule has 0 bridgehead atoms. The topological polar surface area (TPSA) is 52.6 Å². The molecule has 1 aromatic carbocycles. The van der Waals surface area contributed by atoms with Crippen molar-refractivity contribution in [3.63, 3.8) is 0 Å². The highest BCUT2D eigenvalue weighted by molar-refractivity contribution is 5.91. The first-order chi connectivity index (χ1) is 15.6. The van der Waals surface area contributed by atoms with Crippen LogP contribution in [0.4, 0.5) is 0 Å². The molecule has 4 fully saturated rings. The smallest absolute Gasteiger partial charge is 0.193 e. The summed E-state index contributed by atoms with van der Waals surface area (Å²) in [5, 5.41) is 0. The molecule has 0 spiro atoms. The Bertz CT molecular complexity index is 1040. The van der Waals surface area contributed by atoms with Gasteiger partial charge in [-0.3, -0.25) is 9.59 Å². The van der Waals surface area contributed by atoms with Crippen molar-refractivity contribution in [1.82, 2.24) is 0 Å².